The predicted molar refractivity (Wildman–Crippen MR) is 115 cm³/mol. The van der Waals surface area contributed by atoms with Crippen LogP contribution in [0.5, 0.6) is 5.88 Å². The van der Waals surface area contributed by atoms with Crippen LogP contribution in [0, 0.1) is 5.82 Å². The smallest absolute Gasteiger partial charge is 0.433 e. The second-order valence-corrected chi connectivity index (χ2v) is 8.03. The summed E-state index contributed by atoms with van der Waals surface area (Å²) in [5.41, 5.74) is 5.85. The van der Waals surface area contributed by atoms with E-state index in [9.17, 15) is 18.0 Å². The second kappa shape index (κ2) is 7.54. The first kappa shape index (κ1) is 21.9. The molecule has 8 nitrogen and oxygen atoms in total. The van der Waals surface area contributed by atoms with Crippen LogP contribution in [-0.2, 0) is 13.2 Å². The molecule has 0 fully saturated rings. The maximum atomic E-state index is 15.0. The number of halogens is 4. The highest BCUT2D eigenvalue weighted by atomic mass is 19.4. The summed E-state index contributed by atoms with van der Waals surface area (Å²) in [6.45, 7) is 0.0582. The number of fused-ring (bicyclic) bond motifs is 4. The number of carbonyl (C=O) groups excluding carboxylic acids is 1. The fourth-order valence-corrected chi connectivity index (χ4v) is 4.28. The van der Waals surface area contributed by atoms with Crippen molar-refractivity contribution >= 4 is 33.5 Å². The molecule has 0 saturated heterocycles. The molecule has 1 unspecified atom stereocenters. The van der Waals surface area contributed by atoms with Gasteiger partial charge in [-0.25, -0.2) is 14.4 Å². The number of aromatic nitrogens is 4. The highest BCUT2D eigenvalue weighted by Gasteiger charge is 2.36. The summed E-state index contributed by atoms with van der Waals surface area (Å²) in [7, 11) is 3.16. The number of nitrogens with zero attached hydrogens (tertiary/aromatic N) is 5. The third-order valence-corrected chi connectivity index (χ3v) is 5.98. The third-order valence-electron chi connectivity index (χ3n) is 5.98. The Morgan fingerprint density at radius 3 is 2.74 bits per heavy atom. The van der Waals surface area contributed by atoms with Crippen LogP contribution >= 0.6 is 0 Å². The Hall–Kier alpha value is -3.96. The van der Waals surface area contributed by atoms with Crippen molar-refractivity contribution in [2.75, 3.05) is 19.4 Å². The van der Waals surface area contributed by atoms with Crippen LogP contribution in [-0.4, -0.2) is 44.2 Å². The van der Waals surface area contributed by atoms with Crippen molar-refractivity contribution in [3.8, 4) is 5.88 Å². The van der Waals surface area contributed by atoms with Gasteiger partial charge in [0, 0.05) is 37.5 Å². The van der Waals surface area contributed by atoms with Gasteiger partial charge in [-0.1, -0.05) is 0 Å². The molecule has 1 aliphatic heterocycles. The van der Waals surface area contributed by atoms with E-state index < -0.39 is 29.6 Å². The second-order valence-electron chi connectivity index (χ2n) is 8.03. The van der Waals surface area contributed by atoms with Gasteiger partial charge in [-0.3, -0.25) is 9.48 Å². The van der Waals surface area contributed by atoms with Crippen LogP contribution in [0.4, 0.5) is 23.4 Å². The number of anilines is 1. The monoisotopic (exact) mass is 474 g/mol. The minimum atomic E-state index is -4.63. The van der Waals surface area contributed by atoms with Crippen LogP contribution < -0.4 is 10.5 Å². The fourth-order valence-electron chi connectivity index (χ4n) is 4.28. The lowest BCUT2D eigenvalue weighted by Crippen LogP contribution is -2.35. The Morgan fingerprint density at radius 2 is 2.00 bits per heavy atom. The minimum Gasteiger partial charge on any atom is -0.477 e. The highest BCUT2D eigenvalue weighted by molar-refractivity contribution is 6.10. The van der Waals surface area contributed by atoms with E-state index in [0.29, 0.717) is 28.3 Å². The zero-order valence-corrected chi connectivity index (χ0v) is 18.0. The molecule has 2 N–H and O–H groups in total. The van der Waals surface area contributed by atoms with Gasteiger partial charge in [0.15, 0.2) is 0 Å². The summed E-state index contributed by atoms with van der Waals surface area (Å²) >= 11 is 0. The number of benzene rings is 1. The number of rotatable bonds is 2. The number of pyridine rings is 2. The molecule has 3 aromatic heterocycles. The fraction of sp³-hybridized carbons (Fsp3) is 0.273. The molecule has 1 amide bonds. The van der Waals surface area contributed by atoms with E-state index in [-0.39, 0.29) is 29.4 Å². The third kappa shape index (κ3) is 3.37. The number of nitrogen functional groups attached to an aromatic ring is 1. The van der Waals surface area contributed by atoms with Gasteiger partial charge in [-0.05, 0) is 18.2 Å². The minimum absolute atomic E-state index is 0.0582. The Morgan fingerprint density at radius 1 is 1.24 bits per heavy atom. The Labute approximate surface area is 189 Å². The number of aryl methyl sites for hydroxylation is 1. The summed E-state index contributed by atoms with van der Waals surface area (Å²) in [5, 5.41) is 5.23. The van der Waals surface area contributed by atoms with Gasteiger partial charge < -0.3 is 15.4 Å². The van der Waals surface area contributed by atoms with Gasteiger partial charge >= 0.3 is 6.18 Å². The molecule has 0 spiro atoms. The molecule has 0 bridgehead atoms. The van der Waals surface area contributed by atoms with Gasteiger partial charge in [0.25, 0.3) is 5.91 Å². The quantitative estimate of drug-likeness (QED) is 0.443. The zero-order chi connectivity index (χ0) is 24.4. The number of amides is 1. The number of ether oxygens (including phenoxy) is 1. The molecule has 34 heavy (non-hydrogen) atoms. The lowest BCUT2D eigenvalue weighted by atomic mass is 9.99. The SMILES string of the molecule is CN(C(=O)c1cc2c(cc1F)nc(N)c1cnn(C)c12)C1CCOc2nc(C(F)(F)F)ccc21. The standard InChI is InChI=1S/C22H18F4N6O2/c1-31(16-5-6-34-20-10(16)3-4-17(30-20)22(24,25)26)21(33)11-7-12-15(8-14(11)23)29-19(27)13-9-28-32(2)18(12)13/h3-4,7-9,16H,5-6H2,1-2H3,(H2,27,29). The number of carbonyl (C=O) groups is 1. The molecule has 1 atom stereocenters. The van der Waals surface area contributed by atoms with Crippen LogP contribution in [0.25, 0.3) is 21.8 Å². The van der Waals surface area contributed by atoms with Crippen LogP contribution in [0.3, 0.4) is 0 Å². The summed E-state index contributed by atoms with van der Waals surface area (Å²) in [6.07, 6.45) is -2.79. The van der Waals surface area contributed by atoms with Crippen molar-refractivity contribution in [2.45, 2.75) is 18.6 Å². The summed E-state index contributed by atoms with van der Waals surface area (Å²) < 4.78 is 61.0. The van der Waals surface area contributed by atoms with Crippen molar-refractivity contribution in [3.05, 3.63) is 53.1 Å². The molecular formula is C22H18F4N6O2. The molecule has 4 heterocycles. The largest absolute Gasteiger partial charge is 0.477 e. The topological polar surface area (TPSA) is 99.2 Å². The Kier molecular flexibility index (Phi) is 4.85. The van der Waals surface area contributed by atoms with Crippen molar-refractivity contribution in [3.63, 3.8) is 0 Å². The number of hydrogen-bond acceptors (Lipinski definition) is 6. The van der Waals surface area contributed by atoms with Gasteiger partial charge in [0.2, 0.25) is 5.88 Å². The average Bonchev–Trinajstić information content (AvgIpc) is 3.19. The van der Waals surface area contributed by atoms with Crippen LogP contribution in [0.1, 0.15) is 34.1 Å². The Bertz CT molecular complexity index is 1470. The number of nitrogens with two attached hydrogens (primary N) is 1. The van der Waals surface area contributed by atoms with E-state index in [1.54, 1.807) is 11.7 Å². The van der Waals surface area contributed by atoms with Gasteiger partial charge in [0.05, 0.1) is 40.8 Å². The van der Waals surface area contributed by atoms with E-state index in [4.69, 9.17) is 10.5 Å². The molecule has 0 radical (unpaired) electrons. The highest BCUT2D eigenvalue weighted by Crippen LogP contribution is 2.38. The molecular weight excluding hydrogens is 456 g/mol. The van der Waals surface area contributed by atoms with Gasteiger partial charge in [0.1, 0.15) is 17.3 Å². The van der Waals surface area contributed by atoms with E-state index in [1.807, 2.05) is 0 Å². The molecule has 1 aliphatic rings. The Balaban J connectivity index is 1.56. The predicted octanol–water partition coefficient (Wildman–Crippen LogP) is 3.85. The summed E-state index contributed by atoms with van der Waals surface area (Å²) in [4.78, 5) is 22.4. The average molecular weight is 474 g/mol. The van der Waals surface area contributed by atoms with E-state index in [2.05, 4.69) is 15.1 Å². The molecule has 1 aromatic carbocycles. The van der Waals surface area contributed by atoms with E-state index in [1.165, 1.54) is 30.3 Å². The van der Waals surface area contributed by atoms with Crippen molar-refractivity contribution < 1.29 is 27.1 Å². The zero-order valence-electron chi connectivity index (χ0n) is 18.0. The summed E-state index contributed by atoms with van der Waals surface area (Å²) in [5.74, 6) is -1.45. The van der Waals surface area contributed by atoms with E-state index in [0.717, 1.165) is 12.1 Å². The molecule has 5 rings (SSSR count). The van der Waals surface area contributed by atoms with Crippen molar-refractivity contribution in [1.29, 1.82) is 0 Å². The maximum absolute atomic E-state index is 15.0. The lowest BCUT2D eigenvalue weighted by molar-refractivity contribution is -0.141. The summed E-state index contributed by atoms with van der Waals surface area (Å²) in [6, 6.07) is 3.95. The maximum Gasteiger partial charge on any atom is 0.433 e. The van der Waals surface area contributed by atoms with Crippen molar-refractivity contribution in [1.82, 2.24) is 24.6 Å². The first-order valence-electron chi connectivity index (χ1n) is 10.2. The first-order valence-corrected chi connectivity index (χ1v) is 10.2. The lowest BCUT2D eigenvalue weighted by Gasteiger charge is -2.33. The first-order chi connectivity index (χ1) is 16.1. The van der Waals surface area contributed by atoms with Gasteiger partial charge in [-0.15, -0.1) is 0 Å². The molecule has 4 aromatic rings. The molecule has 0 aliphatic carbocycles. The normalized spacial score (nSPS) is 15.9. The van der Waals surface area contributed by atoms with Gasteiger partial charge in [-0.2, -0.15) is 18.3 Å². The number of alkyl halides is 3. The number of hydrogen-bond donors (Lipinski definition) is 1. The van der Waals surface area contributed by atoms with E-state index >= 15 is 4.39 Å². The molecule has 176 valence electrons. The van der Waals surface area contributed by atoms with Crippen molar-refractivity contribution in [2.24, 2.45) is 7.05 Å². The molecule has 0 saturated carbocycles. The molecule has 12 heteroatoms. The van der Waals surface area contributed by atoms with Crippen LogP contribution in [0.15, 0.2) is 30.5 Å². The van der Waals surface area contributed by atoms with Crippen LogP contribution in [0.2, 0.25) is 0 Å².